The summed E-state index contributed by atoms with van der Waals surface area (Å²) in [6, 6.07) is 12.0. The average Bonchev–Trinajstić information content (AvgIpc) is 2.54. The quantitative estimate of drug-likeness (QED) is 0.548. The standard InChI is InChI=1S/C20H24BrNO2/c1-14(2)9-10-24-19-8-6-16(12-20(19)23-4)13-22-18-7-5-15(3)11-17(18)21/h5-8,11-14H,9-10H2,1-4H3. The van der Waals surface area contributed by atoms with Gasteiger partial charge >= 0.3 is 0 Å². The molecule has 0 atom stereocenters. The summed E-state index contributed by atoms with van der Waals surface area (Å²) in [6.45, 7) is 7.12. The highest BCUT2D eigenvalue weighted by Crippen LogP contribution is 2.29. The molecule has 128 valence electrons. The lowest BCUT2D eigenvalue weighted by molar-refractivity contribution is 0.273. The zero-order chi connectivity index (χ0) is 17.5. The topological polar surface area (TPSA) is 30.8 Å². The lowest BCUT2D eigenvalue weighted by Gasteiger charge is -2.12. The first-order chi connectivity index (χ1) is 11.5. The molecule has 3 nitrogen and oxygen atoms in total. The van der Waals surface area contributed by atoms with Crippen LogP contribution in [0.2, 0.25) is 0 Å². The van der Waals surface area contributed by atoms with Crippen LogP contribution in [0.15, 0.2) is 45.9 Å². The summed E-state index contributed by atoms with van der Waals surface area (Å²) in [4.78, 5) is 4.54. The molecule has 0 radical (unpaired) electrons. The van der Waals surface area contributed by atoms with Gasteiger partial charge in [-0.25, -0.2) is 0 Å². The molecule has 4 heteroatoms. The molecule has 0 aliphatic heterocycles. The Balaban J connectivity index is 2.12. The Morgan fingerprint density at radius 1 is 1.12 bits per heavy atom. The first kappa shape index (κ1) is 18.5. The minimum atomic E-state index is 0.621. The third kappa shape index (κ3) is 5.38. The van der Waals surface area contributed by atoms with E-state index in [0.29, 0.717) is 12.5 Å². The van der Waals surface area contributed by atoms with Gasteiger partial charge in [0, 0.05) is 10.7 Å². The van der Waals surface area contributed by atoms with Gasteiger partial charge in [0.25, 0.3) is 0 Å². The molecule has 0 aliphatic carbocycles. The minimum Gasteiger partial charge on any atom is -0.493 e. The number of hydrogen-bond donors (Lipinski definition) is 0. The molecular weight excluding hydrogens is 366 g/mol. The maximum absolute atomic E-state index is 5.81. The fourth-order valence-corrected chi connectivity index (χ4v) is 2.74. The van der Waals surface area contributed by atoms with Gasteiger partial charge in [0.2, 0.25) is 0 Å². The fourth-order valence-electron chi connectivity index (χ4n) is 2.15. The number of aryl methyl sites for hydroxylation is 1. The molecule has 0 fully saturated rings. The van der Waals surface area contributed by atoms with E-state index < -0.39 is 0 Å². The van der Waals surface area contributed by atoms with Gasteiger partial charge < -0.3 is 9.47 Å². The summed E-state index contributed by atoms with van der Waals surface area (Å²) in [5.74, 6) is 2.12. The van der Waals surface area contributed by atoms with Crippen molar-refractivity contribution in [2.24, 2.45) is 10.9 Å². The Hall–Kier alpha value is -1.81. The molecule has 2 rings (SSSR count). The lowest BCUT2D eigenvalue weighted by Crippen LogP contribution is -2.02. The van der Waals surface area contributed by atoms with Gasteiger partial charge in [-0.2, -0.15) is 0 Å². The van der Waals surface area contributed by atoms with Crippen molar-refractivity contribution in [1.29, 1.82) is 0 Å². The van der Waals surface area contributed by atoms with Crippen LogP contribution < -0.4 is 9.47 Å². The number of aliphatic imine (C=N–C) groups is 1. The zero-order valence-corrected chi connectivity index (χ0v) is 16.3. The van der Waals surface area contributed by atoms with Crippen LogP contribution in [-0.2, 0) is 0 Å². The van der Waals surface area contributed by atoms with Crippen LogP contribution in [0.25, 0.3) is 0 Å². The maximum atomic E-state index is 5.81. The summed E-state index contributed by atoms with van der Waals surface area (Å²) in [5, 5.41) is 0. The van der Waals surface area contributed by atoms with Crippen molar-refractivity contribution in [2.45, 2.75) is 27.2 Å². The Labute approximate surface area is 152 Å². The van der Waals surface area contributed by atoms with Gasteiger partial charge in [-0.1, -0.05) is 19.9 Å². The molecule has 0 saturated heterocycles. The van der Waals surface area contributed by atoms with Crippen molar-refractivity contribution in [3.63, 3.8) is 0 Å². The Morgan fingerprint density at radius 3 is 2.58 bits per heavy atom. The van der Waals surface area contributed by atoms with E-state index in [4.69, 9.17) is 9.47 Å². The summed E-state index contributed by atoms with van der Waals surface area (Å²) >= 11 is 3.54. The van der Waals surface area contributed by atoms with Crippen LogP contribution >= 0.6 is 15.9 Å². The monoisotopic (exact) mass is 389 g/mol. The Bertz CT molecular complexity index is 711. The second kappa shape index (κ2) is 8.88. The second-order valence-corrected chi connectivity index (χ2v) is 7.01. The van der Waals surface area contributed by atoms with Crippen molar-refractivity contribution in [3.8, 4) is 11.5 Å². The number of methoxy groups -OCH3 is 1. The molecule has 0 aromatic heterocycles. The smallest absolute Gasteiger partial charge is 0.161 e. The minimum absolute atomic E-state index is 0.621. The molecule has 0 aliphatic rings. The van der Waals surface area contributed by atoms with Crippen LogP contribution in [-0.4, -0.2) is 19.9 Å². The largest absolute Gasteiger partial charge is 0.493 e. The van der Waals surface area contributed by atoms with E-state index in [0.717, 1.165) is 33.6 Å². The van der Waals surface area contributed by atoms with Crippen molar-refractivity contribution in [3.05, 3.63) is 52.0 Å². The van der Waals surface area contributed by atoms with E-state index in [-0.39, 0.29) is 0 Å². The second-order valence-electron chi connectivity index (χ2n) is 6.15. The first-order valence-electron chi connectivity index (χ1n) is 8.10. The zero-order valence-electron chi connectivity index (χ0n) is 14.7. The molecular formula is C20H24BrNO2. The highest BCUT2D eigenvalue weighted by molar-refractivity contribution is 9.10. The van der Waals surface area contributed by atoms with Gasteiger partial charge in [-0.15, -0.1) is 0 Å². The predicted octanol–water partition coefficient (Wildman–Crippen LogP) is 5.94. The molecule has 0 N–H and O–H groups in total. The number of halogens is 1. The van der Waals surface area contributed by atoms with Gasteiger partial charge in [-0.3, -0.25) is 4.99 Å². The molecule has 0 amide bonds. The highest BCUT2D eigenvalue weighted by Gasteiger charge is 2.06. The highest BCUT2D eigenvalue weighted by atomic mass is 79.9. The van der Waals surface area contributed by atoms with Crippen molar-refractivity contribution in [2.75, 3.05) is 13.7 Å². The summed E-state index contributed by atoms with van der Waals surface area (Å²) in [6.07, 6.45) is 2.85. The molecule has 0 bridgehead atoms. The molecule has 24 heavy (non-hydrogen) atoms. The van der Waals surface area contributed by atoms with Crippen LogP contribution in [0.3, 0.4) is 0 Å². The van der Waals surface area contributed by atoms with E-state index in [1.807, 2.05) is 36.5 Å². The molecule has 0 unspecified atom stereocenters. The molecule has 2 aromatic carbocycles. The first-order valence-corrected chi connectivity index (χ1v) is 8.90. The van der Waals surface area contributed by atoms with Crippen molar-refractivity contribution >= 4 is 27.8 Å². The Morgan fingerprint density at radius 2 is 1.92 bits per heavy atom. The van der Waals surface area contributed by atoms with E-state index in [2.05, 4.69) is 47.8 Å². The van der Waals surface area contributed by atoms with Gasteiger partial charge in [0.15, 0.2) is 11.5 Å². The van der Waals surface area contributed by atoms with E-state index in [1.54, 1.807) is 7.11 Å². The number of nitrogens with zero attached hydrogens (tertiary/aromatic N) is 1. The summed E-state index contributed by atoms with van der Waals surface area (Å²) < 4.78 is 12.2. The lowest BCUT2D eigenvalue weighted by atomic mass is 10.1. The van der Waals surface area contributed by atoms with Gasteiger partial charge in [-0.05, 0) is 76.7 Å². The SMILES string of the molecule is COc1cc(C=Nc2ccc(C)cc2Br)ccc1OCCC(C)C. The summed E-state index contributed by atoms with van der Waals surface area (Å²) in [7, 11) is 1.65. The van der Waals surface area contributed by atoms with E-state index in [9.17, 15) is 0 Å². The predicted molar refractivity (Wildman–Crippen MR) is 104 cm³/mol. The molecule has 0 saturated carbocycles. The average molecular weight is 390 g/mol. The summed E-state index contributed by atoms with van der Waals surface area (Å²) in [5.41, 5.74) is 3.07. The maximum Gasteiger partial charge on any atom is 0.161 e. The van der Waals surface area contributed by atoms with Crippen LogP contribution in [0.5, 0.6) is 11.5 Å². The van der Waals surface area contributed by atoms with Crippen molar-refractivity contribution in [1.82, 2.24) is 0 Å². The number of hydrogen-bond acceptors (Lipinski definition) is 3. The third-order valence-corrected chi connectivity index (χ3v) is 4.23. The van der Waals surface area contributed by atoms with Crippen LogP contribution in [0.4, 0.5) is 5.69 Å². The van der Waals surface area contributed by atoms with Crippen molar-refractivity contribution < 1.29 is 9.47 Å². The van der Waals surface area contributed by atoms with Crippen LogP contribution in [0, 0.1) is 12.8 Å². The third-order valence-electron chi connectivity index (χ3n) is 3.60. The number of ether oxygens (including phenoxy) is 2. The van der Waals surface area contributed by atoms with E-state index in [1.165, 1.54) is 5.56 Å². The molecule has 0 heterocycles. The number of benzene rings is 2. The molecule has 0 spiro atoms. The van der Waals surface area contributed by atoms with Gasteiger partial charge in [0.1, 0.15) is 0 Å². The van der Waals surface area contributed by atoms with E-state index >= 15 is 0 Å². The van der Waals surface area contributed by atoms with Crippen LogP contribution in [0.1, 0.15) is 31.4 Å². The molecule has 2 aromatic rings. The Kier molecular flexibility index (Phi) is 6.85. The van der Waals surface area contributed by atoms with Gasteiger partial charge in [0.05, 0.1) is 19.4 Å². The number of rotatable bonds is 7. The fraction of sp³-hybridized carbons (Fsp3) is 0.350. The normalized spacial score (nSPS) is 11.2.